The fourth-order valence-corrected chi connectivity index (χ4v) is 3.93. The van der Waals surface area contributed by atoms with Crippen molar-refractivity contribution in [2.45, 2.75) is 37.8 Å². The summed E-state index contributed by atoms with van der Waals surface area (Å²) in [7, 11) is 3.73. The lowest BCUT2D eigenvalue weighted by molar-refractivity contribution is -0.133. The van der Waals surface area contributed by atoms with E-state index >= 15 is 0 Å². The second-order valence-corrected chi connectivity index (χ2v) is 6.53. The monoisotopic (exact) mass is 306 g/mol. The van der Waals surface area contributed by atoms with E-state index in [0.29, 0.717) is 19.6 Å². The first kappa shape index (κ1) is 15.5. The smallest absolute Gasteiger partial charge is 0.223 e. The van der Waals surface area contributed by atoms with E-state index in [1.165, 1.54) is 0 Å². The number of aromatic nitrogens is 2. The van der Waals surface area contributed by atoms with Crippen molar-refractivity contribution in [3.05, 3.63) is 18.2 Å². The zero-order valence-electron chi connectivity index (χ0n) is 13.6. The average molecular weight is 306 g/mol. The number of imidazole rings is 1. The third kappa shape index (κ3) is 2.90. The molecule has 1 amide bonds. The minimum atomic E-state index is 0.0129. The Morgan fingerprint density at radius 1 is 1.41 bits per heavy atom. The van der Waals surface area contributed by atoms with E-state index in [9.17, 15) is 4.79 Å². The summed E-state index contributed by atoms with van der Waals surface area (Å²) in [5, 5.41) is 0. The molecule has 6 nitrogen and oxygen atoms in total. The maximum atomic E-state index is 12.3. The molecule has 2 saturated heterocycles. The molecule has 0 aliphatic carbocycles. The van der Waals surface area contributed by atoms with Gasteiger partial charge in [-0.05, 0) is 25.8 Å². The van der Waals surface area contributed by atoms with Crippen LogP contribution in [0.25, 0.3) is 0 Å². The summed E-state index contributed by atoms with van der Waals surface area (Å²) in [6, 6.07) is 0. The molecular weight excluding hydrogens is 280 g/mol. The Morgan fingerprint density at radius 2 is 2.27 bits per heavy atom. The van der Waals surface area contributed by atoms with Crippen molar-refractivity contribution >= 4 is 5.91 Å². The van der Waals surface area contributed by atoms with Gasteiger partial charge in [-0.1, -0.05) is 0 Å². The SMILES string of the molecule is COCCN1C(=O)CC[C@@]12CCCN(Cc1nccn1C)C2. The molecular formula is C16H26N4O2. The summed E-state index contributed by atoms with van der Waals surface area (Å²) in [6.07, 6.45) is 7.74. The predicted octanol–water partition coefficient (Wildman–Crippen LogP) is 1.02. The second kappa shape index (κ2) is 6.38. The highest BCUT2D eigenvalue weighted by Crippen LogP contribution is 2.38. The normalized spacial score (nSPS) is 26.3. The van der Waals surface area contributed by atoms with Crippen molar-refractivity contribution < 1.29 is 9.53 Å². The van der Waals surface area contributed by atoms with Crippen molar-refractivity contribution in [3.63, 3.8) is 0 Å². The molecule has 1 spiro atoms. The zero-order chi connectivity index (χ0) is 15.6. The number of carbonyl (C=O) groups is 1. The second-order valence-electron chi connectivity index (χ2n) is 6.53. The lowest BCUT2D eigenvalue weighted by Crippen LogP contribution is -2.57. The van der Waals surface area contributed by atoms with E-state index in [1.54, 1.807) is 7.11 Å². The number of piperidine rings is 1. The van der Waals surface area contributed by atoms with Crippen LogP contribution >= 0.6 is 0 Å². The van der Waals surface area contributed by atoms with Gasteiger partial charge in [-0.25, -0.2) is 4.98 Å². The van der Waals surface area contributed by atoms with Crippen LogP contribution in [0.5, 0.6) is 0 Å². The minimum absolute atomic E-state index is 0.0129. The van der Waals surface area contributed by atoms with Crippen molar-refractivity contribution in [2.24, 2.45) is 7.05 Å². The topological polar surface area (TPSA) is 50.6 Å². The number of aryl methyl sites for hydroxylation is 1. The molecule has 0 bridgehead atoms. The Bertz CT molecular complexity index is 530. The molecule has 6 heteroatoms. The highest BCUT2D eigenvalue weighted by atomic mass is 16.5. The Kier molecular flexibility index (Phi) is 4.49. The lowest BCUT2D eigenvalue weighted by atomic mass is 9.86. The third-order valence-electron chi connectivity index (χ3n) is 5.12. The standard InChI is InChI=1S/C16H26N4O2/c1-18-9-7-17-14(18)12-19-8-3-5-16(13-19)6-4-15(21)20(16)10-11-22-2/h7,9H,3-6,8,10-13H2,1-2H3/t16-/m1/s1. The highest BCUT2D eigenvalue weighted by Gasteiger charge is 2.47. The van der Waals surface area contributed by atoms with Gasteiger partial charge >= 0.3 is 0 Å². The van der Waals surface area contributed by atoms with E-state index in [1.807, 2.05) is 19.4 Å². The van der Waals surface area contributed by atoms with Gasteiger partial charge in [0.1, 0.15) is 5.82 Å². The first-order valence-corrected chi connectivity index (χ1v) is 8.13. The highest BCUT2D eigenvalue weighted by molar-refractivity contribution is 5.79. The van der Waals surface area contributed by atoms with Crippen LogP contribution in [-0.4, -0.2) is 64.1 Å². The number of hydrogen-bond donors (Lipinski definition) is 0. The molecule has 2 aliphatic rings. The molecule has 22 heavy (non-hydrogen) atoms. The van der Waals surface area contributed by atoms with Crippen molar-refractivity contribution in [1.82, 2.24) is 19.4 Å². The van der Waals surface area contributed by atoms with Gasteiger partial charge in [0, 0.05) is 46.1 Å². The summed E-state index contributed by atoms with van der Waals surface area (Å²) in [4.78, 5) is 21.2. The Morgan fingerprint density at radius 3 is 3.00 bits per heavy atom. The number of likely N-dealkylation sites (tertiary alicyclic amines) is 2. The number of hydrogen-bond acceptors (Lipinski definition) is 4. The largest absolute Gasteiger partial charge is 0.383 e. The lowest BCUT2D eigenvalue weighted by Gasteiger charge is -2.45. The van der Waals surface area contributed by atoms with Crippen LogP contribution in [-0.2, 0) is 23.1 Å². The zero-order valence-corrected chi connectivity index (χ0v) is 13.6. The third-order valence-corrected chi connectivity index (χ3v) is 5.12. The van der Waals surface area contributed by atoms with E-state index in [0.717, 1.165) is 44.7 Å². The summed E-state index contributed by atoms with van der Waals surface area (Å²) < 4.78 is 7.27. The molecule has 1 aromatic heterocycles. The molecule has 0 N–H and O–H groups in total. The van der Waals surface area contributed by atoms with E-state index in [4.69, 9.17) is 4.74 Å². The number of rotatable bonds is 5. The van der Waals surface area contributed by atoms with Crippen LogP contribution in [0.2, 0.25) is 0 Å². The minimum Gasteiger partial charge on any atom is -0.383 e. The van der Waals surface area contributed by atoms with Gasteiger partial charge in [-0.2, -0.15) is 0 Å². The molecule has 0 saturated carbocycles. The fraction of sp³-hybridized carbons (Fsp3) is 0.750. The summed E-state index contributed by atoms with van der Waals surface area (Å²) in [5.41, 5.74) is 0.0129. The number of methoxy groups -OCH3 is 1. The predicted molar refractivity (Wildman–Crippen MR) is 83.3 cm³/mol. The first-order chi connectivity index (χ1) is 10.6. The Labute approximate surface area is 132 Å². The maximum absolute atomic E-state index is 12.3. The summed E-state index contributed by atoms with van der Waals surface area (Å²) in [5.74, 6) is 1.38. The molecule has 0 aromatic carbocycles. The van der Waals surface area contributed by atoms with Crippen molar-refractivity contribution in [2.75, 3.05) is 33.4 Å². The first-order valence-electron chi connectivity index (χ1n) is 8.13. The van der Waals surface area contributed by atoms with Gasteiger partial charge in [-0.3, -0.25) is 9.69 Å². The Hall–Kier alpha value is -1.40. The van der Waals surface area contributed by atoms with Crippen LogP contribution in [0.4, 0.5) is 0 Å². The van der Waals surface area contributed by atoms with Crippen molar-refractivity contribution in [1.29, 1.82) is 0 Å². The molecule has 2 fully saturated rings. The van der Waals surface area contributed by atoms with Crippen LogP contribution in [0.3, 0.4) is 0 Å². The van der Waals surface area contributed by atoms with Crippen LogP contribution in [0.1, 0.15) is 31.5 Å². The fourth-order valence-electron chi connectivity index (χ4n) is 3.93. The molecule has 3 rings (SSSR count). The van der Waals surface area contributed by atoms with Crippen LogP contribution in [0, 0.1) is 0 Å². The van der Waals surface area contributed by atoms with E-state index in [-0.39, 0.29) is 11.4 Å². The molecule has 1 aromatic rings. The number of ether oxygens (including phenoxy) is 1. The van der Waals surface area contributed by atoms with Gasteiger partial charge < -0.3 is 14.2 Å². The average Bonchev–Trinajstić information content (AvgIpc) is 3.03. The quantitative estimate of drug-likeness (QED) is 0.815. The number of carbonyl (C=O) groups excluding carboxylic acids is 1. The maximum Gasteiger partial charge on any atom is 0.223 e. The van der Waals surface area contributed by atoms with Gasteiger partial charge in [0.15, 0.2) is 0 Å². The van der Waals surface area contributed by atoms with Crippen LogP contribution in [0.15, 0.2) is 12.4 Å². The summed E-state index contributed by atoms with van der Waals surface area (Å²) >= 11 is 0. The molecule has 2 aliphatic heterocycles. The van der Waals surface area contributed by atoms with Crippen molar-refractivity contribution in [3.8, 4) is 0 Å². The molecule has 1 atom stereocenters. The molecule has 122 valence electrons. The summed E-state index contributed by atoms with van der Waals surface area (Å²) in [6.45, 7) is 4.23. The van der Waals surface area contributed by atoms with E-state index < -0.39 is 0 Å². The Balaban J connectivity index is 1.70. The molecule has 3 heterocycles. The van der Waals surface area contributed by atoms with Gasteiger partial charge in [-0.15, -0.1) is 0 Å². The van der Waals surface area contributed by atoms with Crippen LogP contribution < -0.4 is 0 Å². The van der Waals surface area contributed by atoms with Gasteiger partial charge in [0.2, 0.25) is 5.91 Å². The van der Waals surface area contributed by atoms with Gasteiger partial charge in [0.25, 0.3) is 0 Å². The number of nitrogens with zero attached hydrogens (tertiary/aromatic N) is 4. The van der Waals surface area contributed by atoms with Gasteiger partial charge in [0.05, 0.1) is 18.7 Å². The molecule has 0 radical (unpaired) electrons. The van der Waals surface area contributed by atoms with E-state index in [2.05, 4.69) is 19.4 Å². The molecule has 0 unspecified atom stereocenters. The number of amides is 1.